The SMILES string of the molecule is CC(N)Cc1ccccc1OC(C)C(=O)O. The van der Waals surface area contributed by atoms with E-state index in [4.69, 9.17) is 15.6 Å². The van der Waals surface area contributed by atoms with Crippen LogP contribution in [0.2, 0.25) is 0 Å². The molecule has 0 aromatic heterocycles. The van der Waals surface area contributed by atoms with Crippen LogP contribution >= 0.6 is 0 Å². The maximum absolute atomic E-state index is 10.7. The van der Waals surface area contributed by atoms with E-state index in [1.54, 1.807) is 6.07 Å². The molecule has 1 aromatic rings. The molecule has 0 amide bonds. The van der Waals surface area contributed by atoms with E-state index < -0.39 is 12.1 Å². The van der Waals surface area contributed by atoms with Gasteiger partial charge in [-0.1, -0.05) is 18.2 Å². The van der Waals surface area contributed by atoms with Crippen molar-refractivity contribution in [3.8, 4) is 5.75 Å². The molecule has 0 aliphatic carbocycles. The zero-order valence-electron chi connectivity index (χ0n) is 9.51. The molecule has 0 saturated heterocycles. The van der Waals surface area contributed by atoms with E-state index in [9.17, 15) is 4.79 Å². The Hall–Kier alpha value is -1.55. The minimum atomic E-state index is -0.976. The number of ether oxygens (including phenoxy) is 1. The van der Waals surface area contributed by atoms with Gasteiger partial charge in [-0.2, -0.15) is 0 Å². The van der Waals surface area contributed by atoms with Crippen molar-refractivity contribution < 1.29 is 14.6 Å². The number of hydrogen-bond acceptors (Lipinski definition) is 3. The van der Waals surface area contributed by atoms with Gasteiger partial charge in [-0.25, -0.2) is 4.79 Å². The molecule has 0 fully saturated rings. The normalized spacial score (nSPS) is 14.2. The molecule has 1 rings (SSSR count). The first-order valence-electron chi connectivity index (χ1n) is 5.23. The number of carbonyl (C=O) groups is 1. The van der Waals surface area contributed by atoms with Gasteiger partial charge in [0, 0.05) is 6.04 Å². The summed E-state index contributed by atoms with van der Waals surface area (Å²) in [5, 5.41) is 8.77. The summed E-state index contributed by atoms with van der Waals surface area (Å²) < 4.78 is 5.35. The van der Waals surface area contributed by atoms with Crippen molar-refractivity contribution in [1.82, 2.24) is 0 Å². The molecule has 2 atom stereocenters. The Morgan fingerprint density at radius 1 is 1.44 bits per heavy atom. The second-order valence-corrected chi connectivity index (χ2v) is 3.89. The summed E-state index contributed by atoms with van der Waals surface area (Å²) in [4.78, 5) is 10.7. The first-order chi connectivity index (χ1) is 7.50. The predicted octanol–water partition coefficient (Wildman–Crippen LogP) is 1.43. The molecule has 1 aromatic carbocycles. The Bertz CT molecular complexity index is 363. The van der Waals surface area contributed by atoms with Gasteiger partial charge in [0.1, 0.15) is 5.75 Å². The van der Waals surface area contributed by atoms with Crippen LogP contribution in [0.25, 0.3) is 0 Å². The predicted molar refractivity (Wildman–Crippen MR) is 61.5 cm³/mol. The van der Waals surface area contributed by atoms with E-state index in [-0.39, 0.29) is 6.04 Å². The number of carboxylic acid groups (broad SMARTS) is 1. The van der Waals surface area contributed by atoms with Crippen molar-refractivity contribution in [1.29, 1.82) is 0 Å². The topological polar surface area (TPSA) is 72.5 Å². The number of carboxylic acids is 1. The number of hydrogen-bond donors (Lipinski definition) is 2. The van der Waals surface area contributed by atoms with Gasteiger partial charge in [0.05, 0.1) is 0 Å². The Kier molecular flexibility index (Phi) is 4.31. The van der Waals surface area contributed by atoms with Crippen LogP contribution in [-0.4, -0.2) is 23.2 Å². The average Bonchev–Trinajstić information content (AvgIpc) is 2.20. The smallest absolute Gasteiger partial charge is 0.344 e. The van der Waals surface area contributed by atoms with E-state index >= 15 is 0 Å². The maximum atomic E-state index is 10.7. The number of benzene rings is 1. The molecule has 0 aliphatic rings. The summed E-state index contributed by atoms with van der Waals surface area (Å²) in [5.74, 6) is -0.384. The van der Waals surface area contributed by atoms with E-state index in [1.807, 2.05) is 25.1 Å². The van der Waals surface area contributed by atoms with Crippen LogP contribution < -0.4 is 10.5 Å². The minimum Gasteiger partial charge on any atom is -0.479 e. The van der Waals surface area contributed by atoms with Gasteiger partial charge in [-0.3, -0.25) is 0 Å². The van der Waals surface area contributed by atoms with Crippen molar-refractivity contribution in [3.63, 3.8) is 0 Å². The average molecular weight is 223 g/mol. The molecule has 4 nitrogen and oxygen atoms in total. The first-order valence-corrected chi connectivity index (χ1v) is 5.23. The van der Waals surface area contributed by atoms with Crippen LogP contribution in [0, 0.1) is 0 Å². The van der Waals surface area contributed by atoms with Crippen LogP contribution in [0.4, 0.5) is 0 Å². The lowest BCUT2D eigenvalue weighted by Gasteiger charge is -2.15. The maximum Gasteiger partial charge on any atom is 0.344 e. The molecule has 2 unspecified atom stereocenters. The fourth-order valence-electron chi connectivity index (χ4n) is 1.38. The van der Waals surface area contributed by atoms with Gasteiger partial charge in [0.15, 0.2) is 6.10 Å². The highest BCUT2D eigenvalue weighted by Crippen LogP contribution is 2.20. The molecule has 88 valence electrons. The number of aliphatic carboxylic acids is 1. The van der Waals surface area contributed by atoms with Crippen molar-refractivity contribution in [3.05, 3.63) is 29.8 Å². The Morgan fingerprint density at radius 2 is 2.06 bits per heavy atom. The highest BCUT2D eigenvalue weighted by Gasteiger charge is 2.14. The molecule has 16 heavy (non-hydrogen) atoms. The number of para-hydroxylation sites is 1. The Balaban J connectivity index is 2.82. The lowest BCUT2D eigenvalue weighted by atomic mass is 10.1. The number of nitrogens with two attached hydrogens (primary N) is 1. The van der Waals surface area contributed by atoms with E-state index in [0.29, 0.717) is 12.2 Å². The van der Waals surface area contributed by atoms with Crippen LogP contribution in [0.1, 0.15) is 19.4 Å². The largest absolute Gasteiger partial charge is 0.479 e. The molecule has 0 radical (unpaired) electrons. The summed E-state index contributed by atoms with van der Waals surface area (Å²) in [5.41, 5.74) is 6.65. The van der Waals surface area contributed by atoms with E-state index in [2.05, 4.69) is 0 Å². The molecule has 3 N–H and O–H groups in total. The van der Waals surface area contributed by atoms with Crippen molar-refractivity contribution in [2.24, 2.45) is 5.73 Å². The first kappa shape index (κ1) is 12.5. The third kappa shape index (κ3) is 3.55. The quantitative estimate of drug-likeness (QED) is 0.792. The lowest BCUT2D eigenvalue weighted by molar-refractivity contribution is -0.144. The highest BCUT2D eigenvalue weighted by atomic mass is 16.5. The summed E-state index contributed by atoms with van der Waals surface area (Å²) in [6, 6.07) is 7.37. The molecule has 0 saturated carbocycles. The van der Waals surface area contributed by atoms with E-state index in [0.717, 1.165) is 5.56 Å². The van der Waals surface area contributed by atoms with Crippen molar-refractivity contribution in [2.45, 2.75) is 32.4 Å². The van der Waals surface area contributed by atoms with Gasteiger partial charge in [-0.15, -0.1) is 0 Å². The van der Waals surface area contributed by atoms with Crippen molar-refractivity contribution >= 4 is 5.97 Å². The van der Waals surface area contributed by atoms with Crippen molar-refractivity contribution in [2.75, 3.05) is 0 Å². The fraction of sp³-hybridized carbons (Fsp3) is 0.417. The third-order valence-corrected chi connectivity index (χ3v) is 2.17. The zero-order chi connectivity index (χ0) is 12.1. The monoisotopic (exact) mass is 223 g/mol. The van der Waals surface area contributed by atoms with Gasteiger partial charge in [0.25, 0.3) is 0 Å². The molecule has 0 spiro atoms. The fourth-order valence-corrected chi connectivity index (χ4v) is 1.38. The molecule has 0 heterocycles. The summed E-state index contributed by atoms with van der Waals surface area (Å²) >= 11 is 0. The van der Waals surface area contributed by atoms with Crippen LogP contribution in [-0.2, 0) is 11.2 Å². The minimum absolute atomic E-state index is 0.0184. The van der Waals surface area contributed by atoms with Gasteiger partial charge < -0.3 is 15.6 Å². The summed E-state index contributed by atoms with van der Waals surface area (Å²) in [7, 11) is 0. The summed E-state index contributed by atoms with van der Waals surface area (Å²) in [6.07, 6.45) is -0.183. The second-order valence-electron chi connectivity index (χ2n) is 3.89. The number of rotatable bonds is 5. The molecule has 0 aliphatic heterocycles. The molecular formula is C12H17NO3. The molecule has 4 heteroatoms. The summed E-state index contributed by atoms with van der Waals surface area (Å²) in [6.45, 7) is 3.41. The van der Waals surface area contributed by atoms with Crippen LogP contribution in [0.15, 0.2) is 24.3 Å². The van der Waals surface area contributed by atoms with E-state index in [1.165, 1.54) is 6.92 Å². The third-order valence-electron chi connectivity index (χ3n) is 2.17. The van der Waals surface area contributed by atoms with Gasteiger partial charge >= 0.3 is 5.97 Å². The highest BCUT2D eigenvalue weighted by molar-refractivity contribution is 5.72. The standard InChI is InChI=1S/C12H17NO3/c1-8(13)7-10-5-3-4-6-11(10)16-9(2)12(14)15/h3-6,8-9H,7,13H2,1-2H3,(H,14,15). The van der Waals surface area contributed by atoms with Crippen LogP contribution in [0.5, 0.6) is 5.75 Å². The molecule has 0 bridgehead atoms. The second kappa shape index (κ2) is 5.51. The molecular weight excluding hydrogens is 206 g/mol. The van der Waals surface area contributed by atoms with Crippen LogP contribution in [0.3, 0.4) is 0 Å². The Labute approximate surface area is 95.0 Å². The van der Waals surface area contributed by atoms with Gasteiger partial charge in [-0.05, 0) is 31.9 Å². The van der Waals surface area contributed by atoms with Gasteiger partial charge in [0.2, 0.25) is 0 Å². The Morgan fingerprint density at radius 3 is 2.62 bits per heavy atom. The zero-order valence-corrected chi connectivity index (χ0v) is 9.51. The lowest BCUT2D eigenvalue weighted by Crippen LogP contribution is -2.24.